The number of fused-ring (bicyclic) bond motifs is 1. The molecule has 0 spiro atoms. The Morgan fingerprint density at radius 1 is 1.19 bits per heavy atom. The van der Waals surface area contributed by atoms with Crippen molar-refractivity contribution in [2.75, 3.05) is 11.9 Å². The average molecular weight is 366 g/mol. The molecule has 0 radical (unpaired) electrons. The van der Waals surface area contributed by atoms with Gasteiger partial charge in [-0.25, -0.2) is 4.79 Å². The van der Waals surface area contributed by atoms with Crippen LogP contribution in [0.15, 0.2) is 48.5 Å². The van der Waals surface area contributed by atoms with Gasteiger partial charge in [0.05, 0.1) is 0 Å². The van der Waals surface area contributed by atoms with Gasteiger partial charge in [-0.1, -0.05) is 43.7 Å². The number of aliphatic carboxylic acids is 1. The van der Waals surface area contributed by atoms with E-state index in [-0.39, 0.29) is 11.8 Å². The molecule has 3 rings (SSSR count). The number of unbranched alkanes of at least 4 members (excludes halogenated alkanes) is 1. The van der Waals surface area contributed by atoms with Crippen molar-refractivity contribution in [3.8, 4) is 0 Å². The summed E-state index contributed by atoms with van der Waals surface area (Å²) < 4.78 is 0. The van der Waals surface area contributed by atoms with E-state index in [2.05, 4.69) is 17.6 Å². The Morgan fingerprint density at radius 2 is 1.93 bits per heavy atom. The molecular formula is C22H26N2O3. The normalized spacial score (nSPS) is 16.3. The van der Waals surface area contributed by atoms with E-state index in [0.717, 1.165) is 30.5 Å². The lowest BCUT2D eigenvalue weighted by Crippen LogP contribution is -2.42. The van der Waals surface area contributed by atoms with Crippen molar-refractivity contribution in [2.24, 2.45) is 0 Å². The standard InChI is InChI=1S/C22H26N2O3/c1-2-3-6-15-9-11-16(12-10-15)21(25)24-20(22(26)27)13-17-14-23-19-8-5-4-7-18(17)19/h4-5,7-12,17,20,23H,2-3,6,13-14H2,1H3,(H,24,25)(H,26,27). The van der Waals surface area contributed by atoms with E-state index in [9.17, 15) is 14.7 Å². The van der Waals surface area contributed by atoms with Crippen molar-refractivity contribution in [1.82, 2.24) is 5.32 Å². The first-order chi connectivity index (χ1) is 13.1. The van der Waals surface area contributed by atoms with Crippen LogP contribution in [0.5, 0.6) is 0 Å². The van der Waals surface area contributed by atoms with Gasteiger partial charge >= 0.3 is 5.97 Å². The number of para-hydroxylation sites is 1. The molecule has 0 fully saturated rings. The number of hydrogen-bond donors (Lipinski definition) is 3. The lowest BCUT2D eigenvalue weighted by Gasteiger charge is -2.18. The quantitative estimate of drug-likeness (QED) is 0.664. The average Bonchev–Trinajstić information content (AvgIpc) is 3.09. The molecular weight excluding hydrogens is 340 g/mol. The molecule has 0 saturated carbocycles. The zero-order valence-electron chi connectivity index (χ0n) is 15.6. The Bertz CT molecular complexity index is 801. The first-order valence-corrected chi connectivity index (χ1v) is 9.54. The van der Waals surface area contributed by atoms with Crippen LogP contribution in [0.1, 0.15) is 53.6 Å². The van der Waals surface area contributed by atoms with Crippen LogP contribution in [0, 0.1) is 0 Å². The summed E-state index contributed by atoms with van der Waals surface area (Å²) in [6, 6.07) is 14.4. The monoisotopic (exact) mass is 366 g/mol. The molecule has 1 amide bonds. The lowest BCUT2D eigenvalue weighted by molar-refractivity contribution is -0.139. The number of benzene rings is 2. The molecule has 1 aliphatic heterocycles. The third-order valence-corrected chi connectivity index (χ3v) is 5.10. The highest BCUT2D eigenvalue weighted by Crippen LogP contribution is 2.34. The van der Waals surface area contributed by atoms with E-state index in [1.54, 1.807) is 12.1 Å². The number of carboxylic acids is 1. The second-order valence-corrected chi connectivity index (χ2v) is 7.07. The van der Waals surface area contributed by atoms with Gasteiger partial charge in [0.1, 0.15) is 6.04 Å². The molecule has 2 unspecified atom stereocenters. The highest BCUT2D eigenvalue weighted by Gasteiger charge is 2.29. The van der Waals surface area contributed by atoms with Gasteiger partial charge in [0.15, 0.2) is 0 Å². The maximum Gasteiger partial charge on any atom is 0.326 e. The molecule has 0 aliphatic carbocycles. The van der Waals surface area contributed by atoms with Crippen molar-refractivity contribution < 1.29 is 14.7 Å². The van der Waals surface area contributed by atoms with Gasteiger partial charge in [-0.3, -0.25) is 4.79 Å². The van der Waals surface area contributed by atoms with Crippen molar-refractivity contribution in [3.63, 3.8) is 0 Å². The van der Waals surface area contributed by atoms with Gasteiger partial charge < -0.3 is 15.7 Å². The van der Waals surface area contributed by atoms with Crippen LogP contribution < -0.4 is 10.6 Å². The minimum absolute atomic E-state index is 0.0685. The maximum absolute atomic E-state index is 12.5. The molecule has 1 heterocycles. The molecule has 2 atom stereocenters. The van der Waals surface area contributed by atoms with E-state index >= 15 is 0 Å². The van der Waals surface area contributed by atoms with Crippen LogP contribution in [0.25, 0.3) is 0 Å². The number of rotatable bonds is 8. The largest absolute Gasteiger partial charge is 0.480 e. The number of carboxylic acid groups (broad SMARTS) is 1. The molecule has 0 bridgehead atoms. The van der Waals surface area contributed by atoms with Gasteiger partial charge in [0, 0.05) is 23.7 Å². The van der Waals surface area contributed by atoms with Gasteiger partial charge in [-0.15, -0.1) is 0 Å². The Kier molecular flexibility index (Phi) is 6.12. The molecule has 2 aromatic carbocycles. The van der Waals surface area contributed by atoms with E-state index in [1.165, 1.54) is 5.56 Å². The molecule has 1 aliphatic rings. The maximum atomic E-state index is 12.5. The topological polar surface area (TPSA) is 78.4 Å². The Morgan fingerprint density at radius 3 is 2.63 bits per heavy atom. The number of carbonyl (C=O) groups is 2. The van der Waals surface area contributed by atoms with Crippen molar-refractivity contribution in [1.29, 1.82) is 0 Å². The molecule has 27 heavy (non-hydrogen) atoms. The third-order valence-electron chi connectivity index (χ3n) is 5.10. The molecule has 2 aromatic rings. The number of hydrogen-bond acceptors (Lipinski definition) is 3. The Balaban J connectivity index is 1.64. The highest BCUT2D eigenvalue weighted by molar-refractivity contribution is 5.96. The predicted octanol–water partition coefficient (Wildman–Crippen LogP) is 3.81. The fourth-order valence-electron chi connectivity index (χ4n) is 3.52. The van der Waals surface area contributed by atoms with Crippen LogP contribution in [-0.2, 0) is 11.2 Å². The number of anilines is 1. The van der Waals surface area contributed by atoms with Crippen LogP contribution in [-0.4, -0.2) is 29.6 Å². The Hall–Kier alpha value is -2.82. The molecule has 0 aromatic heterocycles. The lowest BCUT2D eigenvalue weighted by atomic mass is 9.93. The van der Waals surface area contributed by atoms with Crippen LogP contribution in [0.3, 0.4) is 0 Å². The summed E-state index contributed by atoms with van der Waals surface area (Å²) >= 11 is 0. The fraction of sp³-hybridized carbons (Fsp3) is 0.364. The number of nitrogens with one attached hydrogen (secondary N) is 2. The fourth-order valence-corrected chi connectivity index (χ4v) is 3.52. The van der Waals surface area contributed by atoms with Gasteiger partial charge in [-0.2, -0.15) is 0 Å². The summed E-state index contributed by atoms with van der Waals surface area (Å²) in [4.78, 5) is 24.2. The summed E-state index contributed by atoms with van der Waals surface area (Å²) in [7, 11) is 0. The summed E-state index contributed by atoms with van der Waals surface area (Å²) in [5, 5.41) is 15.6. The summed E-state index contributed by atoms with van der Waals surface area (Å²) in [6.07, 6.45) is 3.59. The number of aryl methyl sites for hydroxylation is 1. The zero-order valence-corrected chi connectivity index (χ0v) is 15.6. The van der Waals surface area contributed by atoms with E-state index < -0.39 is 12.0 Å². The second-order valence-electron chi connectivity index (χ2n) is 7.07. The van der Waals surface area contributed by atoms with Gasteiger partial charge in [0.2, 0.25) is 0 Å². The van der Waals surface area contributed by atoms with Crippen LogP contribution in [0.2, 0.25) is 0 Å². The first kappa shape index (κ1) is 19.0. The van der Waals surface area contributed by atoms with E-state index in [4.69, 9.17) is 0 Å². The number of carbonyl (C=O) groups excluding carboxylic acids is 1. The molecule has 0 saturated heterocycles. The van der Waals surface area contributed by atoms with Gasteiger partial charge in [0.25, 0.3) is 5.91 Å². The molecule has 5 nitrogen and oxygen atoms in total. The Labute approximate surface area is 159 Å². The summed E-state index contributed by atoms with van der Waals surface area (Å²) in [5.41, 5.74) is 3.84. The minimum atomic E-state index is -1.01. The smallest absolute Gasteiger partial charge is 0.326 e. The SMILES string of the molecule is CCCCc1ccc(C(=O)NC(CC2CNc3ccccc32)C(=O)O)cc1. The van der Waals surface area contributed by atoms with E-state index in [1.807, 2.05) is 36.4 Å². The molecule has 5 heteroatoms. The van der Waals surface area contributed by atoms with Crippen molar-refractivity contribution >= 4 is 17.6 Å². The first-order valence-electron chi connectivity index (χ1n) is 9.54. The predicted molar refractivity (Wildman–Crippen MR) is 106 cm³/mol. The van der Waals surface area contributed by atoms with Crippen molar-refractivity contribution in [2.45, 2.75) is 44.6 Å². The van der Waals surface area contributed by atoms with E-state index in [0.29, 0.717) is 18.5 Å². The molecule has 142 valence electrons. The minimum Gasteiger partial charge on any atom is -0.480 e. The summed E-state index contributed by atoms with van der Waals surface area (Å²) in [6.45, 7) is 2.83. The number of amides is 1. The molecule has 3 N–H and O–H groups in total. The van der Waals surface area contributed by atoms with Crippen molar-refractivity contribution in [3.05, 3.63) is 65.2 Å². The van der Waals surface area contributed by atoms with Crippen LogP contribution >= 0.6 is 0 Å². The zero-order chi connectivity index (χ0) is 19.2. The summed E-state index contributed by atoms with van der Waals surface area (Å²) in [5.74, 6) is -1.28. The van der Waals surface area contributed by atoms with Gasteiger partial charge in [-0.05, 0) is 48.6 Å². The second kappa shape index (κ2) is 8.71. The van der Waals surface area contributed by atoms with Crippen LogP contribution in [0.4, 0.5) is 5.69 Å². The third kappa shape index (κ3) is 4.67. The highest BCUT2D eigenvalue weighted by atomic mass is 16.4.